The van der Waals surface area contributed by atoms with E-state index in [1.807, 2.05) is 0 Å². The number of para-hydroxylation sites is 4. The van der Waals surface area contributed by atoms with Crippen molar-refractivity contribution in [1.82, 2.24) is 4.57 Å². The topological polar surface area (TPSA) is 21.3 Å². The van der Waals surface area contributed by atoms with Gasteiger partial charge in [0.05, 0.1) is 22.5 Å². The Balaban J connectivity index is 0.854. The van der Waals surface area contributed by atoms with E-state index in [2.05, 4.69) is 240 Å². The molecule has 2 aromatic heterocycles. The lowest BCUT2D eigenvalue weighted by Gasteiger charge is -2.35. The van der Waals surface area contributed by atoms with Crippen LogP contribution in [0.3, 0.4) is 0 Å². The largest absolute Gasteiger partial charge is 0.455 e. The van der Waals surface area contributed by atoms with E-state index in [9.17, 15) is 0 Å². The summed E-state index contributed by atoms with van der Waals surface area (Å²) in [5.74, 6) is 0.281. The van der Waals surface area contributed by atoms with E-state index < -0.39 is 0 Å². The SMILES string of the molecule is C1=CC(N(C2=CCC(c3ccc(-c4cc5c6ccccc6oc5c5c6ccccc6n(-c6ccccc6)c45)cc3)C=C2)c2ccccc2)CC=C1c1ccc(-c2ccccc2)cc1. The highest BCUT2D eigenvalue weighted by atomic mass is 16.3. The molecule has 8 aromatic carbocycles. The minimum absolute atomic E-state index is 0.208. The second kappa shape index (κ2) is 15.5. The first-order valence-corrected chi connectivity index (χ1v) is 22.1. The van der Waals surface area contributed by atoms with Crippen molar-refractivity contribution in [1.29, 1.82) is 0 Å². The first-order chi connectivity index (χ1) is 31.2. The number of hydrogen-bond donors (Lipinski definition) is 0. The van der Waals surface area contributed by atoms with Gasteiger partial charge in [-0.3, -0.25) is 0 Å². The number of fused-ring (bicyclic) bond motifs is 7. The van der Waals surface area contributed by atoms with Gasteiger partial charge in [-0.25, -0.2) is 0 Å². The third kappa shape index (κ3) is 6.52. The number of benzene rings is 8. The summed E-state index contributed by atoms with van der Waals surface area (Å²) < 4.78 is 9.12. The predicted octanol–water partition coefficient (Wildman–Crippen LogP) is 15.9. The van der Waals surface area contributed by atoms with E-state index >= 15 is 0 Å². The number of allylic oxidation sites excluding steroid dienone is 5. The lowest BCUT2D eigenvalue weighted by molar-refractivity contribution is 0.673. The maximum absolute atomic E-state index is 6.71. The van der Waals surface area contributed by atoms with Crippen LogP contribution in [0.2, 0.25) is 0 Å². The van der Waals surface area contributed by atoms with Crippen LogP contribution in [0.1, 0.15) is 29.9 Å². The molecule has 0 saturated heterocycles. The van der Waals surface area contributed by atoms with Crippen LogP contribution in [0, 0.1) is 0 Å². The molecule has 12 rings (SSSR count). The third-order valence-electron chi connectivity index (χ3n) is 13.1. The van der Waals surface area contributed by atoms with Gasteiger partial charge in [0.2, 0.25) is 0 Å². The van der Waals surface area contributed by atoms with Gasteiger partial charge in [0.25, 0.3) is 0 Å². The van der Waals surface area contributed by atoms with Gasteiger partial charge < -0.3 is 13.9 Å². The minimum atomic E-state index is 0.208. The molecular formula is C60H44N2O. The molecule has 0 N–H and O–H groups in total. The van der Waals surface area contributed by atoms with E-state index in [0.29, 0.717) is 0 Å². The predicted molar refractivity (Wildman–Crippen MR) is 264 cm³/mol. The van der Waals surface area contributed by atoms with Crippen molar-refractivity contribution in [2.24, 2.45) is 0 Å². The number of aromatic nitrogens is 1. The van der Waals surface area contributed by atoms with E-state index in [1.165, 1.54) is 55.7 Å². The summed E-state index contributed by atoms with van der Waals surface area (Å²) in [5, 5.41) is 4.61. The molecule has 0 radical (unpaired) electrons. The summed E-state index contributed by atoms with van der Waals surface area (Å²) in [6, 6.07) is 70.1. The van der Waals surface area contributed by atoms with Gasteiger partial charge in [-0.15, -0.1) is 0 Å². The molecular weight excluding hydrogens is 765 g/mol. The molecule has 2 unspecified atom stereocenters. The fourth-order valence-corrected chi connectivity index (χ4v) is 9.96. The van der Waals surface area contributed by atoms with Gasteiger partial charge in [-0.05, 0) is 94.8 Å². The highest BCUT2D eigenvalue weighted by Crippen LogP contribution is 2.46. The second-order valence-corrected chi connectivity index (χ2v) is 16.7. The summed E-state index contributed by atoms with van der Waals surface area (Å²) in [4.78, 5) is 2.50. The van der Waals surface area contributed by atoms with Gasteiger partial charge in [0, 0.05) is 44.7 Å². The third-order valence-corrected chi connectivity index (χ3v) is 13.1. The van der Waals surface area contributed by atoms with Crippen LogP contribution in [0.4, 0.5) is 5.69 Å². The molecule has 2 aliphatic rings. The molecule has 0 amide bonds. The Morgan fingerprint density at radius 2 is 1.16 bits per heavy atom. The van der Waals surface area contributed by atoms with Gasteiger partial charge >= 0.3 is 0 Å². The average molecular weight is 809 g/mol. The van der Waals surface area contributed by atoms with E-state index in [0.717, 1.165) is 56.9 Å². The normalized spacial score (nSPS) is 16.2. The van der Waals surface area contributed by atoms with Crippen molar-refractivity contribution in [3.8, 4) is 27.9 Å². The minimum Gasteiger partial charge on any atom is -0.455 e. The molecule has 0 spiro atoms. The maximum Gasteiger partial charge on any atom is 0.145 e. The van der Waals surface area contributed by atoms with Crippen LogP contribution in [0.25, 0.3) is 77.3 Å². The quantitative estimate of drug-likeness (QED) is 0.152. The molecule has 0 bridgehead atoms. The molecule has 2 atom stereocenters. The fourth-order valence-electron chi connectivity index (χ4n) is 9.96. The summed E-state index contributed by atoms with van der Waals surface area (Å²) >= 11 is 0. The molecule has 2 heterocycles. The van der Waals surface area contributed by atoms with Crippen molar-refractivity contribution < 1.29 is 4.42 Å². The molecule has 300 valence electrons. The van der Waals surface area contributed by atoms with Crippen LogP contribution in [-0.2, 0) is 0 Å². The van der Waals surface area contributed by atoms with Crippen LogP contribution in [-0.4, -0.2) is 10.6 Å². The molecule has 0 fully saturated rings. The lowest BCUT2D eigenvalue weighted by Crippen LogP contribution is -2.33. The highest BCUT2D eigenvalue weighted by Gasteiger charge is 2.25. The zero-order valence-electron chi connectivity index (χ0n) is 34.8. The van der Waals surface area contributed by atoms with Gasteiger partial charge in [0.1, 0.15) is 11.2 Å². The Labute approximate surface area is 367 Å². The van der Waals surface area contributed by atoms with E-state index in [-0.39, 0.29) is 12.0 Å². The van der Waals surface area contributed by atoms with Gasteiger partial charge in [-0.1, -0.05) is 182 Å². The molecule has 0 saturated carbocycles. The smallest absolute Gasteiger partial charge is 0.145 e. The van der Waals surface area contributed by atoms with Crippen molar-refractivity contribution in [2.45, 2.75) is 24.8 Å². The Hall–Kier alpha value is -7.88. The summed E-state index contributed by atoms with van der Waals surface area (Å²) in [6.45, 7) is 0. The Kier molecular flexibility index (Phi) is 9.11. The number of hydrogen-bond acceptors (Lipinski definition) is 2. The molecule has 63 heavy (non-hydrogen) atoms. The summed E-state index contributed by atoms with van der Waals surface area (Å²) in [6.07, 6.45) is 16.1. The number of nitrogens with zero attached hydrogens (tertiary/aromatic N) is 2. The number of furan rings is 1. The first-order valence-electron chi connectivity index (χ1n) is 22.1. The first kappa shape index (κ1) is 36.9. The fraction of sp³-hybridized carbons (Fsp3) is 0.0667. The highest BCUT2D eigenvalue weighted by molar-refractivity contribution is 6.27. The molecule has 3 nitrogen and oxygen atoms in total. The number of rotatable bonds is 8. The standard InChI is InChI=1S/C60H44N2O/c1-4-14-41(15-5-1)42-24-26-43(27-25-42)45-32-36-50(37-33-45)61(48-16-6-2-7-17-48)51-38-34-46(35-39-51)44-28-30-47(31-29-44)54-40-55-52-20-11-13-23-57(52)63-60(55)58-53-21-10-12-22-56(53)62(59(54)58)49-18-8-3-9-19-49/h1-34,36,38-40,46,50H,35,37H2. The van der Waals surface area contributed by atoms with Crippen LogP contribution in [0.5, 0.6) is 0 Å². The Morgan fingerprint density at radius 3 is 1.89 bits per heavy atom. The lowest BCUT2D eigenvalue weighted by atomic mass is 9.89. The van der Waals surface area contributed by atoms with Gasteiger partial charge in [-0.2, -0.15) is 0 Å². The maximum atomic E-state index is 6.71. The van der Waals surface area contributed by atoms with E-state index in [1.54, 1.807) is 0 Å². The van der Waals surface area contributed by atoms with Crippen LogP contribution in [0.15, 0.2) is 241 Å². The van der Waals surface area contributed by atoms with Crippen LogP contribution >= 0.6 is 0 Å². The summed E-state index contributed by atoms with van der Waals surface area (Å²) in [7, 11) is 0. The molecule has 2 aliphatic carbocycles. The molecule has 0 aliphatic heterocycles. The van der Waals surface area contributed by atoms with Crippen molar-refractivity contribution in [3.05, 3.63) is 247 Å². The van der Waals surface area contributed by atoms with E-state index in [4.69, 9.17) is 4.42 Å². The summed E-state index contributed by atoms with van der Waals surface area (Å²) in [5.41, 5.74) is 16.4. The molecule has 10 aromatic rings. The van der Waals surface area contributed by atoms with Gasteiger partial charge in [0.15, 0.2) is 0 Å². The van der Waals surface area contributed by atoms with Crippen molar-refractivity contribution in [3.63, 3.8) is 0 Å². The van der Waals surface area contributed by atoms with Crippen LogP contribution < -0.4 is 4.90 Å². The van der Waals surface area contributed by atoms with Crippen molar-refractivity contribution >= 4 is 55.0 Å². The average Bonchev–Trinajstić information content (AvgIpc) is 3.92. The zero-order valence-corrected chi connectivity index (χ0v) is 34.8. The van der Waals surface area contributed by atoms with Crippen molar-refractivity contribution in [2.75, 3.05) is 4.90 Å². The Morgan fingerprint density at radius 1 is 0.508 bits per heavy atom. The monoisotopic (exact) mass is 808 g/mol. The number of anilines is 1. The molecule has 3 heteroatoms. The second-order valence-electron chi connectivity index (χ2n) is 16.7. The zero-order chi connectivity index (χ0) is 41.7. The Bertz CT molecular complexity index is 3420.